The summed E-state index contributed by atoms with van der Waals surface area (Å²) >= 11 is 5.84. The van der Waals surface area contributed by atoms with Crippen molar-refractivity contribution >= 4 is 38.7 Å². The number of hydrogen-bond acceptors (Lipinski definition) is 7. The van der Waals surface area contributed by atoms with Crippen molar-refractivity contribution in [3.05, 3.63) is 84.0 Å². The van der Waals surface area contributed by atoms with Gasteiger partial charge in [0.1, 0.15) is 18.4 Å². The number of sulfonamides is 1. The number of methoxy groups -OCH3 is 1. The van der Waals surface area contributed by atoms with Gasteiger partial charge in [0.15, 0.2) is 5.11 Å². The number of aromatic nitrogens is 5. The molecule has 2 atom stereocenters. The molecule has 0 radical (unpaired) electrons. The molecule has 0 bridgehead atoms. The average molecular weight is 539 g/mol. The van der Waals surface area contributed by atoms with Crippen LogP contribution in [0, 0.1) is 13.8 Å². The molecule has 2 N–H and O–H groups in total. The fraction of sp³-hybridized carbons (Fsp3) is 0.250. The summed E-state index contributed by atoms with van der Waals surface area (Å²) in [7, 11) is -2.05. The van der Waals surface area contributed by atoms with E-state index in [4.69, 9.17) is 17.0 Å². The van der Waals surface area contributed by atoms with Gasteiger partial charge in [0.25, 0.3) is 0 Å². The van der Waals surface area contributed by atoms with E-state index in [9.17, 15) is 8.42 Å². The van der Waals surface area contributed by atoms with Gasteiger partial charge >= 0.3 is 0 Å². The van der Waals surface area contributed by atoms with Gasteiger partial charge in [0, 0.05) is 28.8 Å². The van der Waals surface area contributed by atoms with E-state index in [0.29, 0.717) is 22.2 Å². The van der Waals surface area contributed by atoms with Crippen LogP contribution < -0.4 is 19.7 Å². The zero-order chi connectivity index (χ0) is 26.3. The summed E-state index contributed by atoms with van der Waals surface area (Å²) in [6, 6.07) is 12.6. The first-order valence-corrected chi connectivity index (χ1v) is 13.7. The highest BCUT2D eigenvalue weighted by molar-refractivity contribution is 7.92. The number of nitrogens with zero attached hydrogens (tertiary/aromatic N) is 6. The lowest BCUT2D eigenvalue weighted by Gasteiger charge is -2.29. The number of nitrogens with one attached hydrogen (secondary N) is 2. The van der Waals surface area contributed by atoms with Crippen molar-refractivity contribution in [1.29, 1.82) is 0 Å². The molecule has 11 nitrogen and oxygen atoms in total. The van der Waals surface area contributed by atoms with Crippen LogP contribution in [-0.4, -0.2) is 51.4 Å². The molecule has 0 spiro atoms. The molecule has 3 aromatic heterocycles. The van der Waals surface area contributed by atoms with E-state index in [1.54, 1.807) is 31.0 Å². The van der Waals surface area contributed by atoms with Gasteiger partial charge in [-0.3, -0.25) is 14.4 Å². The Labute approximate surface area is 220 Å². The van der Waals surface area contributed by atoms with Crippen molar-refractivity contribution in [1.82, 2.24) is 29.9 Å². The Morgan fingerprint density at radius 2 is 1.86 bits per heavy atom. The van der Waals surface area contributed by atoms with Gasteiger partial charge in [-0.15, -0.1) is 10.2 Å². The van der Waals surface area contributed by atoms with Gasteiger partial charge in [-0.25, -0.2) is 13.1 Å². The Kier molecular flexibility index (Phi) is 6.33. The van der Waals surface area contributed by atoms with Crippen molar-refractivity contribution in [3.8, 4) is 5.75 Å². The number of benzene rings is 1. The van der Waals surface area contributed by atoms with Crippen LogP contribution in [0.25, 0.3) is 0 Å². The van der Waals surface area contributed by atoms with Crippen molar-refractivity contribution in [2.45, 2.75) is 25.9 Å². The Morgan fingerprint density at radius 3 is 2.51 bits per heavy atom. The summed E-state index contributed by atoms with van der Waals surface area (Å²) in [5.74, 6) is 0.399. The second-order valence-corrected chi connectivity index (χ2v) is 10.9. The predicted molar refractivity (Wildman–Crippen MR) is 144 cm³/mol. The molecule has 4 aromatic rings. The quantitative estimate of drug-likeness (QED) is 0.342. The third-order valence-electron chi connectivity index (χ3n) is 6.24. The molecule has 0 unspecified atom stereocenters. The van der Waals surface area contributed by atoms with Crippen molar-refractivity contribution in [3.63, 3.8) is 0 Å². The van der Waals surface area contributed by atoms with Gasteiger partial charge in [-0.1, -0.05) is 6.07 Å². The summed E-state index contributed by atoms with van der Waals surface area (Å²) in [6.07, 6.45) is 6.13. The van der Waals surface area contributed by atoms with E-state index >= 15 is 0 Å². The number of pyridine rings is 1. The Bertz CT molecular complexity index is 1550. The number of rotatable bonds is 7. The number of aryl methyl sites for hydroxylation is 1. The van der Waals surface area contributed by atoms with E-state index in [2.05, 4.69) is 31.3 Å². The number of anilines is 2. The van der Waals surface area contributed by atoms with Crippen LogP contribution in [0.1, 0.15) is 34.7 Å². The van der Waals surface area contributed by atoms with Gasteiger partial charge in [-0.05, 0) is 62.5 Å². The van der Waals surface area contributed by atoms with Gasteiger partial charge in [0.2, 0.25) is 10.0 Å². The van der Waals surface area contributed by atoms with E-state index in [1.165, 1.54) is 7.11 Å². The number of hydrogen-bond donors (Lipinski definition) is 2. The molecule has 0 amide bonds. The van der Waals surface area contributed by atoms with Crippen LogP contribution in [0.3, 0.4) is 0 Å². The molecule has 1 aliphatic heterocycles. The first-order valence-electron chi connectivity index (χ1n) is 11.4. The van der Waals surface area contributed by atoms with E-state index < -0.39 is 10.0 Å². The highest BCUT2D eigenvalue weighted by Gasteiger charge is 2.42. The molecule has 192 valence electrons. The Morgan fingerprint density at radius 1 is 1.11 bits per heavy atom. The standard InChI is InChI=1S/C24H26N8O3S2/c1-15-11-18(16(2)32(15)30-13-26-27-14-30)23-22(19-7-5-6-10-25-19)28-24(36)31(23)17-8-9-21(35-3)20(12-17)29-37(4,33)34/h5-14,22-23,29H,1-4H3,(H,28,36)/t22-,23+/m1/s1. The molecular formula is C24H26N8O3S2. The van der Waals surface area contributed by atoms with Crippen LogP contribution in [-0.2, 0) is 10.0 Å². The second-order valence-electron chi connectivity index (χ2n) is 8.74. The lowest BCUT2D eigenvalue weighted by molar-refractivity contribution is 0.417. The zero-order valence-electron chi connectivity index (χ0n) is 20.7. The maximum Gasteiger partial charge on any atom is 0.229 e. The smallest absolute Gasteiger partial charge is 0.229 e. The normalized spacial score (nSPS) is 17.6. The minimum absolute atomic E-state index is 0.267. The average Bonchev–Trinajstić information content (AvgIpc) is 3.56. The molecule has 1 fully saturated rings. The number of thiocarbonyl (C=S) groups is 1. The van der Waals surface area contributed by atoms with Gasteiger partial charge in [0.05, 0.1) is 36.8 Å². The molecule has 37 heavy (non-hydrogen) atoms. The van der Waals surface area contributed by atoms with Crippen LogP contribution >= 0.6 is 12.2 Å². The Balaban J connectivity index is 1.68. The van der Waals surface area contributed by atoms with Crippen molar-refractivity contribution < 1.29 is 13.2 Å². The molecule has 1 saturated heterocycles. The van der Waals surface area contributed by atoms with Gasteiger partial charge < -0.3 is 15.0 Å². The molecule has 0 saturated carbocycles. The van der Waals surface area contributed by atoms with Gasteiger partial charge in [-0.2, -0.15) is 0 Å². The summed E-state index contributed by atoms with van der Waals surface area (Å²) < 4.78 is 35.9. The van der Waals surface area contributed by atoms with E-state index in [1.807, 2.05) is 52.4 Å². The SMILES string of the molecule is COc1ccc(N2C(=S)N[C@H](c3ccccn3)[C@@H]2c2cc(C)n(-n3cnnc3)c2C)cc1NS(C)(=O)=O. The Hall–Kier alpha value is -3.97. The summed E-state index contributed by atoms with van der Waals surface area (Å²) in [5, 5.41) is 11.8. The predicted octanol–water partition coefficient (Wildman–Crippen LogP) is 2.96. The second kappa shape index (κ2) is 9.48. The third kappa shape index (κ3) is 4.62. The largest absolute Gasteiger partial charge is 0.495 e. The lowest BCUT2D eigenvalue weighted by atomic mass is 9.96. The van der Waals surface area contributed by atoms with Crippen LogP contribution in [0.15, 0.2) is 61.3 Å². The fourth-order valence-corrected chi connectivity index (χ4v) is 5.71. The minimum Gasteiger partial charge on any atom is -0.495 e. The summed E-state index contributed by atoms with van der Waals surface area (Å²) in [5.41, 5.74) is 4.82. The molecule has 4 heterocycles. The maximum atomic E-state index is 12.0. The van der Waals surface area contributed by atoms with E-state index in [-0.39, 0.29) is 12.1 Å². The minimum atomic E-state index is -3.54. The van der Waals surface area contributed by atoms with Crippen molar-refractivity contribution in [2.75, 3.05) is 23.0 Å². The fourth-order valence-electron chi connectivity index (χ4n) is 4.81. The van der Waals surface area contributed by atoms with E-state index in [0.717, 1.165) is 28.9 Å². The first-order chi connectivity index (χ1) is 17.7. The maximum absolute atomic E-state index is 12.0. The summed E-state index contributed by atoms with van der Waals surface area (Å²) in [6.45, 7) is 4.04. The molecule has 1 aromatic carbocycles. The topological polar surface area (TPSA) is 119 Å². The van der Waals surface area contributed by atoms with Crippen LogP contribution in [0.2, 0.25) is 0 Å². The lowest BCUT2D eigenvalue weighted by Crippen LogP contribution is -2.29. The highest BCUT2D eigenvalue weighted by atomic mass is 32.2. The van der Waals surface area contributed by atoms with Crippen LogP contribution in [0.5, 0.6) is 5.75 Å². The first kappa shape index (κ1) is 24.7. The molecule has 0 aliphatic carbocycles. The summed E-state index contributed by atoms with van der Waals surface area (Å²) in [4.78, 5) is 6.59. The molecular weight excluding hydrogens is 512 g/mol. The monoisotopic (exact) mass is 538 g/mol. The number of ether oxygens (including phenoxy) is 1. The van der Waals surface area contributed by atoms with Crippen LogP contribution in [0.4, 0.5) is 11.4 Å². The van der Waals surface area contributed by atoms with Crippen molar-refractivity contribution in [2.24, 2.45) is 0 Å². The zero-order valence-corrected chi connectivity index (χ0v) is 22.3. The highest BCUT2D eigenvalue weighted by Crippen LogP contribution is 2.44. The molecule has 5 rings (SSSR count). The molecule has 1 aliphatic rings. The molecule has 13 heteroatoms. The third-order valence-corrected chi connectivity index (χ3v) is 7.15.